The molecule has 0 aromatic rings. The van der Waals surface area contributed by atoms with Gasteiger partial charge in [0.05, 0.1) is 5.92 Å². The number of esters is 1. The minimum absolute atomic E-state index is 0.129. The first kappa shape index (κ1) is 19.0. The molecule has 0 heterocycles. The van der Waals surface area contributed by atoms with E-state index < -0.39 is 5.97 Å². The Morgan fingerprint density at radius 1 is 1.05 bits per heavy atom. The maximum Gasteiger partial charge on any atom is 0.306 e. The van der Waals surface area contributed by atoms with Crippen molar-refractivity contribution in [3.8, 4) is 0 Å². The van der Waals surface area contributed by atoms with Crippen LogP contribution < -0.4 is 0 Å². The van der Waals surface area contributed by atoms with Gasteiger partial charge in [0.1, 0.15) is 5.60 Å². The summed E-state index contributed by atoms with van der Waals surface area (Å²) in [5.74, 6) is -0.456. The molecule has 2 aliphatic rings. The van der Waals surface area contributed by atoms with E-state index in [-0.39, 0.29) is 17.5 Å². The smallest absolute Gasteiger partial charge is 0.306 e. The monoisotopic (exact) mass is 312 g/mol. The highest BCUT2D eigenvalue weighted by atomic mass is 16.6. The first-order valence-electron chi connectivity index (χ1n) is 8.76. The Bertz CT molecular complexity index is 352. The second kappa shape index (κ2) is 9.16. The Hall–Kier alpha value is -1.06. The Kier molecular flexibility index (Phi) is 7.91. The Morgan fingerprint density at radius 2 is 1.55 bits per heavy atom. The molecule has 0 saturated heterocycles. The molecule has 1 unspecified atom stereocenters. The predicted molar refractivity (Wildman–Crippen MR) is 86.6 cm³/mol. The average molecular weight is 312 g/mol. The van der Waals surface area contributed by atoms with Crippen LogP contribution in [-0.4, -0.2) is 22.6 Å². The molecule has 2 rings (SSSR count). The number of carboxylic acids is 1. The molecule has 0 radical (unpaired) electrons. The summed E-state index contributed by atoms with van der Waals surface area (Å²) in [6.45, 7) is 5.35. The summed E-state index contributed by atoms with van der Waals surface area (Å²) >= 11 is 0. The van der Waals surface area contributed by atoms with Crippen LogP contribution in [0, 0.1) is 11.8 Å². The lowest BCUT2D eigenvalue weighted by molar-refractivity contribution is -0.158. The van der Waals surface area contributed by atoms with Gasteiger partial charge in [0, 0.05) is 6.92 Å². The number of carbonyl (C=O) groups excluding carboxylic acids is 1. The van der Waals surface area contributed by atoms with E-state index in [4.69, 9.17) is 9.84 Å². The number of carboxylic acid groups (broad SMARTS) is 1. The minimum atomic E-state index is -0.628. The highest BCUT2D eigenvalue weighted by molar-refractivity contribution is 5.69. The fourth-order valence-corrected chi connectivity index (χ4v) is 3.58. The number of hydrogen-bond donors (Lipinski definition) is 1. The van der Waals surface area contributed by atoms with Crippen molar-refractivity contribution in [1.29, 1.82) is 0 Å². The van der Waals surface area contributed by atoms with Gasteiger partial charge >= 0.3 is 11.9 Å². The van der Waals surface area contributed by atoms with Crippen LogP contribution in [0.5, 0.6) is 0 Å². The van der Waals surface area contributed by atoms with E-state index in [9.17, 15) is 9.59 Å². The summed E-state index contributed by atoms with van der Waals surface area (Å²) in [4.78, 5) is 21.3. The molecule has 22 heavy (non-hydrogen) atoms. The Labute approximate surface area is 134 Å². The summed E-state index contributed by atoms with van der Waals surface area (Å²) in [6, 6.07) is 0. The van der Waals surface area contributed by atoms with Crippen LogP contribution in [0.2, 0.25) is 0 Å². The van der Waals surface area contributed by atoms with E-state index in [0.29, 0.717) is 5.92 Å². The van der Waals surface area contributed by atoms with E-state index in [1.165, 1.54) is 45.4 Å². The highest BCUT2D eigenvalue weighted by Crippen LogP contribution is 2.31. The standard InChI is InChI=1S/2C9H16O2/c1-8(10)11-9(2)6-4-3-5-7-9;1-7(9(10)11)8-5-3-2-4-6-8/h3-7H2,1-2H3;7-8H,2-6H2,1H3,(H,10,11). The van der Waals surface area contributed by atoms with Gasteiger partial charge in [-0.2, -0.15) is 0 Å². The lowest BCUT2D eigenvalue weighted by Gasteiger charge is -2.32. The molecular formula is C18H32O4. The minimum Gasteiger partial charge on any atom is -0.481 e. The van der Waals surface area contributed by atoms with E-state index in [2.05, 4.69) is 0 Å². The number of rotatable bonds is 3. The molecule has 4 heteroatoms. The number of carbonyl (C=O) groups is 2. The zero-order valence-electron chi connectivity index (χ0n) is 14.4. The SMILES string of the molecule is CC(=O)OC1(C)CCCCC1.CC(C(=O)O)C1CCCCC1. The molecule has 0 aromatic heterocycles. The molecule has 0 aliphatic heterocycles. The van der Waals surface area contributed by atoms with Gasteiger partial charge in [-0.05, 0) is 51.4 Å². The van der Waals surface area contributed by atoms with Crippen molar-refractivity contribution in [1.82, 2.24) is 0 Å². The molecule has 0 spiro atoms. The first-order valence-corrected chi connectivity index (χ1v) is 8.76. The molecule has 2 aliphatic carbocycles. The zero-order valence-corrected chi connectivity index (χ0v) is 14.4. The molecular weight excluding hydrogens is 280 g/mol. The Morgan fingerprint density at radius 3 is 2.00 bits per heavy atom. The second-order valence-electron chi connectivity index (χ2n) is 7.13. The molecule has 0 amide bonds. The van der Waals surface area contributed by atoms with Crippen LogP contribution in [0.3, 0.4) is 0 Å². The largest absolute Gasteiger partial charge is 0.481 e. The van der Waals surface area contributed by atoms with E-state index in [1.54, 1.807) is 0 Å². The van der Waals surface area contributed by atoms with Crippen molar-refractivity contribution in [3.63, 3.8) is 0 Å². The molecule has 1 N–H and O–H groups in total. The van der Waals surface area contributed by atoms with Gasteiger partial charge < -0.3 is 9.84 Å². The van der Waals surface area contributed by atoms with Crippen LogP contribution in [0.25, 0.3) is 0 Å². The van der Waals surface area contributed by atoms with Gasteiger partial charge in [0.15, 0.2) is 0 Å². The molecule has 1 atom stereocenters. The first-order chi connectivity index (χ1) is 10.3. The molecule has 0 aromatic carbocycles. The lowest BCUT2D eigenvalue weighted by atomic mass is 9.81. The fraction of sp³-hybridized carbons (Fsp3) is 0.889. The third-order valence-corrected chi connectivity index (χ3v) is 5.05. The fourth-order valence-electron chi connectivity index (χ4n) is 3.58. The maximum absolute atomic E-state index is 10.7. The zero-order chi connectivity index (χ0) is 16.6. The highest BCUT2D eigenvalue weighted by Gasteiger charge is 2.29. The molecule has 0 bridgehead atoms. The van der Waals surface area contributed by atoms with Crippen molar-refractivity contribution < 1.29 is 19.4 Å². The van der Waals surface area contributed by atoms with Crippen molar-refractivity contribution in [2.45, 2.75) is 90.6 Å². The van der Waals surface area contributed by atoms with Crippen LogP contribution in [0.4, 0.5) is 0 Å². The van der Waals surface area contributed by atoms with Crippen molar-refractivity contribution in [2.75, 3.05) is 0 Å². The average Bonchev–Trinajstić information content (AvgIpc) is 2.47. The van der Waals surface area contributed by atoms with E-state index in [1.807, 2.05) is 13.8 Å². The second-order valence-corrected chi connectivity index (χ2v) is 7.13. The maximum atomic E-state index is 10.7. The van der Waals surface area contributed by atoms with Gasteiger partial charge in [-0.1, -0.05) is 32.6 Å². The molecule has 2 fully saturated rings. The van der Waals surface area contributed by atoms with E-state index in [0.717, 1.165) is 25.7 Å². The van der Waals surface area contributed by atoms with Gasteiger partial charge in [0.2, 0.25) is 0 Å². The van der Waals surface area contributed by atoms with Crippen molar-refractivity contribution in [3.05, 3.63) is 0 Å². The summed E-state index contributed by atoms with van der Waals surface area (Å²) in [6.07, 6.45) is 11.7. The predicted octanol–water partition coefficient (Wildman–Crippen LogP) is 4.56. The molecule has 128 valence electrons. The third-order valence-electron chi connectivity index (χ3n) is 5.05. The summed E-state index contributed by atoms with van der Waals surface area (Å²) in [5.41, 5.74) is -0.149. The van der Waals surface area contributed by atoms with Crippen LogP contribution in [-0.2, 0) is 14.3 Å². The summed E-state index contributed by atoms with van der Waals surface area (Å²) < 4.78 is 5.24. The lowest BCUT2D eigenvalue weighted by Crippen LogP contribution is -2.32. The quantitative estimate of drug-likeness (QED) is 0.776. The van der Waals surface area contributed by atoms with Crippen LogP contribution >= 0.6 is 0 Å². The van der Waals surface area contributed by atoms with Gasteiger partial charge in [0.25, 0.3) is 0 Å². The topological polar surface area (TPSA) is 63.6 Å². The number of aliphatic carboxylic acids is 1. The van der Waals surface area contributed by atoms with Gasteiger partial charge in [-0.25, -0.2) is 0 Å². The molecule has 4 nitrogen and oxygen atoms in total. The summed E-state index contributed by atoms with van der Waals surface area (Å²) in [7, 11) is 0. The molecule has 2 saturated carbocycles. The third kappa shape index (κ3) is 6.80. The number of ether oxygens (including phenoxy) is 1. The van der Waals surface area contributed by atoms with Crippen molar-refractivity contribution in [2.24, 2.45) is 11.8 Å². The van der Waals surface area contributed by atoms with E-state index >= 15 is 0 Å². The van der Waals surface area contributed by atoms with Crippen LogP contribution in [0.1, 0.15) is 85.0 Å². The van der Waals surface area contributed by atoms with Gasteiger partial charge in [-0.3, -0.25) is 9.59 Å². The van der Waals surface area contributed by atoms with Gasteiger partial charge in [-0.15, -0.1) is 0 Å². The number of hydrogen-bond acceptors (Lipinski definition) is 3. The van der Waals surface area contributed by atoms with Crippen LogP contribution in [0.15, 0.2) is 0 Å². The normalized spacial score (nSPS) is 22.9. The summed E-state index contributed by atoms with van der Waals surface area (Å²) in [5, 5.41) is 8.73. The van der Waals surface area contributed by atoms with Crippen molar-refractivity contribution >= 4 is 11.9 Å². The Balaban J connectivity index is 0.000000220.